The van der Waals surface area contributed by atoms with Gasteiger partial charge in [0.05, 0.1) is 0 Å². The molecule has 84 heavy (non-hydrogen) atoms. The van der Waals surface area contributed by atoms with E-state index in [0.717, 1.165) is 100 Å². The number of piperidine rings is 2. The van der Waals surface area contributed by atoms with Gasteiger partial charge >= 0.3 is 30.1 Å². The number of anilines is 4. The molecular formula is C61H86N12O11. The first-order chi connectivity index (χ1) is 39.8. The highest BCUT2D eigenvalue weighted by Crippen LogP contribution is 2.35. The largest absolute Gasteiger partial charge is 0.480 e. The van der Waals surface area contributed by atoms with Gasteiger partial charge < -0.3 is 55.1 Å². The van der Waals surface area contributed by atoms with Crippen LogP contribution in [0.5, 0.6) is 0 Å². The van der Waals surface area contributed by atoms with Gasteiger partial charge in [0.15, 0.2) is 19.0 Å². The van der Waals surface area contributed by atoms with Crippen molar-refractivity contribution < 1.29 is 52.8 Å². The van der Waals surface area contributed by atoms with Gasteiger partial charge in [-0.1, -0.05) is 12.1 Å². The van der Waals surface area contributed by atoms with Crippen LogP contribution in [0.3, 0.4) is 0 Å². The Bertz CT molecular complexity index is 3000. The van der Waals surface area contributed by atoms with Crippen molar-refractivity contribution >= 4 is 59.1 Å². The Morgan fingerprint density at radius 3 is 1.42 bits per heavy atom. The molecule has 0 unspecified atom stereocenters. The summed E-state index contributed by atoms with van der Waals surface area (Å²) in [6, 6.07) is 6.57. The Kier molecular flexibility index (Phi) is 21.8. The van der Waals surface area contributed by atoms with E-state index in [2.05, 4.69) is 70.3 Å². The first-order valence-corrected chi connectivity index (χ1v) is 29.5. The van der Waals surface area contributed by atoms with Crippen molar-refractivity contribution in [3.05, 3.63) is 80.9 Å². The predicted molar refractivity (Wildman–Crippen MR) is 317 cm³/mol. The lowest BCUT2D eigenvalue weighted by Gasteiger charge is -2.34. The number of nitrogens with zero attached hydrogens (tertiary/aromatic N) is 8. The van der Waals surface area contributed by atoms with Crippen LogP contribution in [-0.4, -0.2) is 147 Å². The highest BCUT2D eigenvalue weighted by Gasteiger charge is 2.32. The molecule has 456 valence electrons. The monoisotopic (exact) mass is 1160 g/mol. The fourth-order valence-electron chi connectivity index (χ4n) is 10.8. The maximum absolute atomic E-state index is 13.1. The average Bonchev–Trinajstić information content (AvgIpc) is 2.81. The summed E-state index contributed by atoms with van der Waals surface area (Å²) in [4.78, 5) is 105. The molecule has 4 aliphatic rings. The van der Waals surface area contributed by atoms with E-state index in [9.17, 15) is 33.9 Å². The van der Waals surface area contributed by atoms with Crippen LogP contribution >= 0.6 is 0 Å². The minimum absolute atomic E-state index is 0.0285. The molecule has 0 radical (unpaired) electrons. The van der Waals surface area contributed by atoms with E-state index >= 15 is 0 Å². The molecule has 2 amide bonds. The van der Waals surface area contributed by atoms with Crippen LogP contribution in [0.4, 0.5) is 32.9 Å². The molecule has 2 aliphatic carbocycles. The molecule has 2 saturated heterocycles. The number of aryl methyl sites for hydroxylation is 6. The highest BCUT2D eigenvalue weighted by molar-refractivity contribution is 5.84. The minimum Gasteiger partial charge on any atom is -0.480 e. The standard InChI is InChI=1S/C34H50N6O6.C27H36N6O5/c1-21-29(35-19-27(31(42)46-34(6,7)8)39-32(43)44-20-28(41)45-33(3,4)5)36-22(2)37-30(21)40-17-15-24(16-18-40)26-14-13-23-11-9-10-12-25(23)38-26;1-16(34)15-38-27(37)32-23(26(35)36)14-28-24-17(2)25(30-18(3)29-24)33-12-10-20(11-13-33)22-9-8-19-6-4-5-7-21(19)31-22/h13-14,24,27H,9-12,15-20H2,1-8H3,(H,39,43)(H,35,36,37);8-9,20,23H,4-7,10-15H2,1-3H3,(H,32,37)(H,35,36)(H,28,29,30)/t27-;23-/m00/s1. The SMILES string of the molecule is CC(=O)COC(=O)N[C@@H](CNc1nc(C)nc(N2CCC(c3ccc4c(n3)CCCC4)CC2)c1C)C(=O)O.Cc1nc(NC[C@H](NC(=O)OCC(=O)OC(C)(C)C)C(=O)OC(C)(C)C)c(C)c(N2CCC(c3ccc4c(n3)CCCC4)CC2)n1. The molecule has 0 bridgehead atoms. The average molecular weight is 1160 g/mol. The molecule has 23 heteroatoms. The van der Waals surface area contributed by atoms with Crippen molar-refractivity contribution in [2.24, 2.45) is 0 Å². The summed E-state index contributed by atoms with van der Waals surface area (Å²) in [5, 5.41) is 20.5. The normalized spacial score (nSPS) is 16.3. The number of carboxylic acids is 1. The third-order valence-corrected chi connectivity index (χ3v) is 15.0. The van der Waals surface area contributed by atoms with Gasteiger partial charge in [0.1, 0.15) is 58.2 Å². The van der Waals surface area contributed by atoms with Gasteiger partial charge in [0, 0.05) is 85.0 Å². The molecule has 5 N–H and O–H groups in total. The number of fused-ring (bicyclic) bond motifs is 2. The zero-order valence-electron chi connectivity index (χ0n) is 50.9. The number of aromatic nitrogens is 6. The summed E-state index contributed by atoms with van der Waals surface area (Å²) in [6.45, 7) is 21.3. The first kappa shape index (κ1) is 63.9. The lowest BCUT2D eigenvalue weighted by atomic mass is 9.90. The Morgan fingerprint density at radius 1 is 0.571 bits per heavy atom. The van der Waals surface area contributed by atoms with E-state index in [4.69, 9.17) is 33.9 Å². The first-order valence-electron chi connectivity index (χ1n) is 29.5. The second-order valence-corrected chi connectivity index (χ2v) is 24.2. The molecule has 2 aliphatic heterocycles. The van der Waals surface area contributed by atoms with Gasteiger partial charge in [-0.05, 0) is 176 Å². The van der Waals surface area contributed by atoms with E-state index < -0.39 is 66.6 Å². The summed E-state index contributed by atoms with van der Waals surface area (Å²) in [6.07, 6.45) is 11.4. The third kappa shape index (κ3) is 18.6. The van der Waals surface area contributed by atoms with Gasteiger partial charge in [-0.2, -0.15) is 0 Å². The molecular weight excluding hydrogens is 1080 g/mol. The molecule has 0 saturated carbocycles. The van der Waals surface area contributed by atoms with Gasteiger partial charge in [0.25, 0.3) is 0 Å². The molecule has 0 aromatic carbocycles. The number of ketones is 1. The fourth-order valence-corrected chi connectivity index (χ4v) is 10.8. The summed E-state index contributed by atoms with van der Waals surface area (Å²) in [7, 11) is 0. The smallest absolute Gasteiger partial charge is 0.408 e. The van der Waals surface area contributed by atoms with E-state index in [1.807, 2.05) is 20.8 Å². The van der Waals surface area contributed by atoms with Crippen LogP contribution in [0.25, 0.3) is 0 Å². The van der Waals surface area contributed by atoms with Crippen LogP contribution in [0.2, 0.25) is 0 Å². The Hall–Kier alpha value is -7.72. The van der Waals surface area contributed by atoms with Crippen molar-refractivity contribution in [2.45, 2.75) is 188 Å². The fraction of sp³-hybridized carbons (Fsp3) is 0.607. The number of hydrogen-bond donors (Lipinski definition) is 5. The number of esters is 2. The van der Waals surface area contributed by atoms with Crippen molar-refractivity contribution in [3.63, 3.8) is 0 Å². The number of hydrogen-bond acceptors (Lipinski definition) is 20. The maximum Gasteiger partial charge on any atom is 0.408 e. The molecule has 23 nitrogen and oxygen atoms in total. The van der Waals surface area contributed by atoms with Crippen molar-refractivity contribution in [1.82, 2.24) is 40.5 Å². The Balaban J connectivity index is 0.000000245. The number of nitrogens with one attached hydrogen (secondary N) is 4. The van der Waals surface area contributed by atoms with Crippen molar-refractivity contribution in [2.75, 3.05) is 72.9 Å². The third-order valence-electron chi connectivity index (χ3n) is 15.0. The number of carbonyl (C=O) groups is 6. The number of alkyl carbamates (subject to hydrolysis) is 2. The molecule has 6 heterocycles. The number of carboxylic acid groups (broad SMARTS) is 1. The molecule has 8 rings (SSSR count). The molecule has 4 aromatic heterocycles. The van der Waals surface area contributed by atoms with Gasteiger partial charge in [-0.15, -0.1) is 0 Å². The van der Waals surface area contributed by atoms with Gasteiger partial charge in [-0.3, -0.25) is 14.8 Å². The van der Waals surface area contributed by atoms with Crippen molar-refractivity contribution in [3.8, 4) is 0 Å². The molecule has 4 aromatic rings. The summed E-state index contributed by atoms with van der Waals surface area (Å²) in [5.41, 5.74) is 7.89. The van der Waals surface area contributed by atoms with Gasteiger partial charge in [0.2, 0.25) is 0 Å². The Morgan fingerprint density at radius 2 is 0.988 bits per heavy atom. The quantitative estimate of drug-likeness (QED) is 0.0467. The molecule has 2 fully saturated rings. The van der Waals surface area contributed by atoms with E-state index in [-0.39, 0.29) is 18.9 Å². The van der Waals surface area contributed by atoms with E-state index in [1.165, 1.54) is 66.5 Å². The Labute approximate surface area is 493 Å². The van der Waals surface area contributed by atoms with Crippen LogP contribution in [0.15, 0.2) is 24.3 Å². The molecule has 0 spiro atoms. The number of aliphatic carboxylic acids is 1. The van der Waals surface area contributed by atoms with Crippen LogP contribution in [0, 0.1) is 27.7 Å². The van der Waals surface area contributed by atoms with Gasteiger partial charge in [-0.25, -0.2) is 43.9 Å². The minimum atomic E-state index is -1.27. The number of carbonyl (C=O) groups excluding carboxylic acids is 5. The number of Topliss-reactive ketones (excluding diaryl/α,β-unsaturated/α-hetero) is 1. The highest BCUT2D eigenvalue weighted by atomic mass is 16.6. The van der Waals surface area contributed by atoms with Crippen LogP contribution in [-0.2, 0) is 63.8 Å². The summed E-state index contributed by atoms with van der Waals surface area (Å²) >= 11 is 0. The predicted octanol–water partition coefficient (Wildman–Crippen LogP) is 7.87. The number of rotatable bonds is 18. The number of ether oxygens (including phenoxy) is 4. The maximum atomic E-state index is 13.1. The summed E-state index contributed by atoms with van der Waals surface area (Å²) in [5.74, 6) is 1.77. The second-order valence-electron chi connectivity index (χ2n) is 24.2. The molecule has 2 atom stereocenters. The summed E-state index contributed by atoms with van der Waals surface area (Å²) < 4.78 is 20.5. The van der Waals surface area contributed by atoms with E-state index in [1.54, 1.807) is 48.5 Å². The zero-order valence-corrected chi connectivity index (χ0v) is 50.9. The van der Waals surface area contributed by atoms with Crippen LogP contribution in [0.1, 0.15) is 168 Å². The number of amides is 2. The lowest BCUT2D eigenvalue weighted by Crippen LogP contribution is -2.48. The van der Waals surface area contributed by atoms with Crippen LogP contribution < -0.4 is 31.1 Å². The van der Waals surface area contributed by atoms with E-state index in [0.29, 0.717) is 35.1 Å². The zero-order chi connectivity index (χ0) is 60.9. The topological polar surface area (TPSA) is 292 Å². The lowest BCUT2D eigenvalue weighted by molar-refractivity contribution is -0.158. The van der Waals surface area contributed by atoms with Crippen molar-refractivity contribution in [1.29, 1.82) is 0 Å². The number of pyridine rings is 2. The second kappa shape index (κ2) is 28.7.